The zero-order valence-corrected chi connectivity index (χ0v) is 5.99. The molecule has 0 aliphatic carbocycles. The lowest BCUT2D eigenvalue weighted by Gasteiger charge is -2.20. The standard InChI is InChI=1S/C5H11NO2S/c7-3-5-4-9(8)2-1-6-5/h5-7H,1-4H2. The first-order chi connectivity index (χ1) is 4.33. The summed E-state index contributed by atoms with van der Waals surface area (Å²) >= 11 is 0. The van der Waals surface area contributed by atoms with Gasteiger partial charge in [-0.2, -0.15) is 0 Å². The number of hydrogen-bond donors (Lipinski definition) is 2. The van der Waals surface area contributed by atoms with Crippen LogP contribution < -0.4 is 5.32 Å². The van der Waals surface area contributed by atoms with Crippen LogP contribution in [-0.4, -0.2) is 40.0 Å². The quantitative estimate of drug-likeness (QED) is 0.487. The maximum atomic E-state index is 10.8. The van der Waals surface area contributed by atoms with Crippen LogP contribution in [0.5, 0.6) is 0 Å². The molecule has 0 radical (unpaired) electrons. The number of aliphatic hydroxyl groups excluding tert-OH is 1. The maximum Gasteiger partial charge on any atom is 0.0593 e. The van der Waals surface area contributed by atoms with Crippen LogP contribution in [0.2, 0.25) is 0 Å². The average Bonchev–Trinajstić information content (AvgIpc) is 1.88. The highest BCUT2D eigenvalue weighted by Gasteiger charge is 2.15. The van der Waals surface area contributed by atoms with Crippen molar-refractivity contribution in [1.82, 2.24) is 5.32 Å². The van der Waals surface area contributed by atoms with E-state index >= 15 is 0 Å². The van der Waals surface area contributed by atoms with Crippen LogP contribution in [0.1, 0.15) is 0 Å². The molecule has 0 saturated carbocycles. The summed E-state index contributed by atoms with van der Waals surface area (Å²) in [7, 11) is -0.693. The van der Waals surface area contributed by atoms with Gasteiger partial charge in [-0.05, 0) is 0 Å². The van der Waals surface area contributed by atoms with Crippen LogP contribution in [0.4, 0.5) is 0 Å². The minimum atomic E-state index is -0.693. The molecule has 0 amide bonds. The van der Waals surface area contributed by atoms with Gasteiger partial charge in [0.25, 0.3) is 0 Å². The largest absolute Gasteiger partial charge is 0.395 e. The van der Waals surface area contributed by atoms with E-state index in [1.54, 1.807) is 0 Å². The van der Waals surface area contributed by atoms with Crippen LogP contribution in [0.3, 0.4) is 0 Å². The summed E-state index contributed by atoms with van der Waals surface area (Å²) in [5.41, 5.74) is 0. The van der Waals surface area contributed by atoms with Gasteiger partial charge in [0.1, 0.15) is 0 Å². The maximum absolute atomic E-state index is 10.8. The molecular formula is C5H11NO2S. The van der Waals surface area contributed by atoms with Gasteiger partial charge >= 0.3 is 0 Å². The van der Waals surface area contributed by atoms with Crippen LogP contribution in [0.25, 0.3) is 0 Å². The molecule has 1 aliphatic heterocycles. The third-order valence-corrected chi connectivity index (χ3v) is 2.80. The second kappa shape index (κ2) is 3.29. The molecule has 1 fully saturated rings. The zero-order chi connectivity index (χ0) is 6.69. The van der Waals surface area contributed by atoms with Crippen molar-refractivity contribution in [3.05, 3.63) is 0 Å². The predicted octanol–water partition coefficient (Wildman–Crippen LogP) is -1.30. The summed E-state index contributed by atoms with van der Waals surface area (Å²) in [6.07, 6.45) is 0. The fraction of sp³-hybridized carbons (Fsp3) is 1.00. The molecule has 0 aromatic rings. The number of nitrogens with one attached hydrogen (secondary N) is 1. The van der Waals surface area contributed by atoms with Crippen LogP contribution >= 0.6 is 0 Å². The molecule has 2 unspecified atom stereocenters. The zero-order valence-electron chi connectivity index (χ0n) is 5.17. The van der Waals surface area contributed by atoms with Crippen LogP contribution in [0.15, 0.2) is 0 Å². The highest BCUT2D eigenvalue weighted by Crippen LogP contribution is 1.94. The number of hydrogen-bond acceptors (Lipinski definition) is 3. The molecule has 0 aromatic carbocycles. The second-order valence-corrected chi connectivity index (χ2v) is 3.77. The van der Waals surface area contributed by atoms with Gasteiger partial charge in [0.05, 0.1) is 6.61 Å². The molecule has 0 bridgehead atoms. The molecule has 1 aliphatic rings. The van der Waals surface area contributed by atoms with E-state index in [1.165, 1.54) is 0 Å². The summed E-state index contributed by atoms with van der Waals surface area (Å²) in [5.74, 6) is 1.34. The molecule has 1 rings (SSSR count). The van der Waals surface area contributed by atoms with Crippen molar-refractivity contribution < 1.29 is 9.32 Å². The van der Waals surface area contributed by atoms with E-state index in [4.69, 9.17) is 5.11 Å². The number of rotatable bonds is 1. The number of aliphatic hydroxyl groups is 1. The second-order valence-electron chi connectivity index (χ2n) is 2.14. The minimum Gasteiger partial charge on any atom is -0.395 e. The fourth-order valence-electron chi connectivity index (χ4n) is 0.861. The van der Waals surface area contributed by atoms with Crippen molar-refractivity contribution in [2.24, 2.45) is 0 Å². The monoisotopic (exact) mass is 149 g/mol. The first-order valence-electron chi connectivity index (χ1n) is 3.02. The Morgan fingerprint density at radius 3 is 3.00 bits per heavy atom. The Bertz CT molecular complexity index is 118. The van der Waals surface area contributed by atoms with Gasteiger partial charge in [0, 0.05) is 34.9 Å². The van der Waals surface area contributed by atoms with Crippen molar-refractivity contribution in [2.45, 2.75) is 6.04 Å². The highest BCUT2D eigenvalue weighted by atomic mass is 32.2. The minimum absolute atomic E-state index is 0.0691. The Kier molecular flexibility index (Phi) is 2.63. The van der Waals surface area contributed by atoms with E-state index in [0.29, 0.717) is 5.75 Å². The molecule has 0 aromatic heterocycles. The van der Waals surface area contributed by atoms with Crippen molar-refractivity contribution in [2.75, 3.05) is 24.7 Å². The molecule has 1 heterocycles. The molecule has 4 heteroatoms. The van der Waals surface area contributed by atoms with Gasteiger partial charge in [-0.25, -0.2) is 0 Å². The van der Waals surface area contributed by atoms with E-state index in [-0.39, 0.29) is 12.6 Å². The van der Waals surface area contributed by atoms with Gasteiger partial charge in [0.15, 0.2) is 0 Å². The van der Waals surface area contributed by atoms with Crippen molar-refractivity contribution in [1.29, 1.82) is 0 Å². The predicted molar refractivity (Wildman–Crippen MR) is 36.8 cm³/mol. The lowest BCUT2D eigenvalue weighted by molar-refractivity contribution is 0.253. The Morgan fingerprint density at radius 2 is 2.56 bits per heavy atom. The van der Waals surface area contributed by atoms with Crippen molar-refractivity contribution in [3.63, 3.8) is 0 Å². The van der Waals surface area contributed by atoms with Crippen LogP contribution in [-0.2, 0) is 10.8 Å². The topological polar surface area (TPSA) is 49.3 Å². The van der Waals surface area contributed by atoms with Crippen molar-refractivity contribution >= 4 is 10.8 Å². The van der Waals surface area contributed by atoms with E-state index in [1.807, 2.05) is 0 Å². The Balaban J connectivity index is 2.32. The molecule has 2 N–H and O–H groups in total. The summed E-state index contributed by atoms with van der Waals surface area (Å²) in [5, 5.41) is 11.7. The van der Waals surface area contributed by atoms with Gasteiger partial charge in [-0.1, -0.05) is 0 Å². The van der Waals surface area contributed by atoms with E-state index in [9.17, 15) is 4.21 Å². The Morgan fingerprint density at radius 1 is 1.78 bits per heavy atom. The lowest BCUT2D eigenvalue weighted by atomic mass is 10.3. The van der Waals surface area contributed by atoms with Gasteiger partial charge < -0.3 is 10.4 Å². The van der Waals surface area contributed by atoms with E-state index < -0.39 is 10.8 Å². The van der Waals surface area contributed by atoms with Gasteiger partial charge in [0.2, 0.25) is 0 Å². The van der Waals surface area contributed by atoms with E-state index in [2.05, 4.69) is 5.32 Å². The third kappa shape index (κ3) is 2.04. The smallest absolute Gasteiger partial charge is 0.0593 e. The Hall–Kier alpha value is 0.0700. The SMILES string of the molecule is O=S1CCNC(CO)C1. The molecule has 0 spiro atoms. The molecular weight excluding hydrogens is 138 g/mol. The molecule has 2 atom stereocenters. The fourth-order valence-corrected chi connectivity index (χ4v) is 2.05. The summed E-state index contributed by atoms with van der Waals surface area (Å²) in [6, 6.07) is 0.0691. The average molecular weight is 149 g/mol. The van der Waals surface area contributed by atoms with Crippen LogP contribution in [0, 0.1) is 0 Å². The van der Waals surface area contributed by atoms with E-state index in [0.717, 1.165) is 12.3 Å². The first-order valence-corrected chi connectivity index (χ1v) is 4.51. The van der Waals surface area contributed by atoms with Gasteiger partial charge in [-0.3, -0.25) is 4.21 Å². The summed E-state index contributed by atoms with van der Waals surface area (Å²) in [4.78, 5) is 0. The molecule has 3 nitrogen and oxygen atoms in total. The highest BCUT2D eigenvalue weighted by molar-refractivity contribution is 7.85. The molecule has 54 valence electrons. The molecule has 9 heavy (non-hydrogen) atoms. The third-order valence-electron chi connectivity index (χ3n) is 1.37. The summed E-state index contributed by atoms with van der Waals surface area (Å²) in [6.45, 7) is 0.879. The van der Waals surface area contributed by atoms with Crippen molar-refractivity contribution in [3.8, 4) is 0 Å². The lowest BCUT2D eigenvalue weighted by Crippen LogP contribution is -2.44. The normalized spacial score (nSPS) is 36.6. The first kappa shape index (κ1) is 7.18. The van der Waals surface area contributed by atoms with Gasteiger partial charge in [-0.15, -0.1) is 0 Å². The summed E-state index contributed by atoms with van der Waals surface area (Å²) < 4.78 is 10.8. The molecule has 1 saturated heterocycles. The Labute approximate surface area is 56.9 Å².